The molecule has 24 heavy (non-hydrogen) atoms. The Morgan fingerprint density at radius 3 is 2.92 bits per heavy atom. The number of piperidine rings is 1. The van der Waals surface area contributed by atoms with Crippen LogP contribution in [-0.4, -0.2) is 85.5 Å². The van der Waals surface area contributed by atoms with Crippen LogP contribution in [0.1, 0.15) is 26.2 Å². The first kappa shape index (κ1) is 17.9. The molecule has 3 fully saturated rings. The Labute approximate surface area is 149 Å². The first-order valence-corrected chi connectivity index (χ1v) is 10.5. The van der Waals surface area contributed by atoms with E-state index >= 15 is 0 Å². The van der Waals surface area contributed by atoms with E-state index in [-0.39, 0.29) is 11.3 Å². The average Bonchev–Trinajstić information content (AvgIpc) is 2.95. The third kappa shape index (κ3) is 4.57. The molecule has 0 aromatic heterocycles. The number of thioether (sulfide) groups is 1. The third-order valence-corrected chi connectivity index (χ3v) is 6.22. The molecule has 7 heteroatoms. The Hall–Kier alpha value is -0.950. The smallest absolute Gasteiger partial charge is 0.220 e. The van der Waals surface area contributed by atoms with E-state index in [0.29, 0.717) is 6.42 Å². The zero-order valence-electron chi connectivity index (χ0n) is 14.9. The lowest BCUT2D eigenvalue weighted by Crippen LogP contribution is -2.51. The lowest BCUT2D eigenvalue weighted by Gasteiger charge is -2.40. The van der Waals surface area contributed by atoms with E-state index < -0.39 is 0 Å². The fourth-order valence-corrected chi connectivity index (χ4v) is 4.96. The summed E-state index contributed by atoms with van der Waals surface area (Å²) in [5, 5.41) is 6.48. The summed E-state index contributed by atoms with van der Waals surface area (Å²) in [6.07, 6.45) is 2.96. The Kier molecular flexibility index (Phi) is 6.27. The number of nitrogens with one attached hydrogen (secondary N) is 2. The standard InChI is InChI=1S/C17H31N5OS/c1-2-18-16(19-5-7-21-8-10-24-11-9-21)22-6-3-4-17(14-22)12-15(23)20-13-17/h2-14H2,1H3,(H,18,19)(H,20,23). The van der Waals surface area contributed by atoms with Gasteiger partial charge in [-0.1, -0.05) is 0 Å². The molecule has 3 heterocycles. The minimum Gasteiger partial charge on any atom is -0.357 e. The molecule has 3 saturated heterocycles. The molecule has 0 saturated carbocycles. The molecule has 0 bridgehead atoms. The summed E-state index contributed by atoms with van der Waals surface area (Å²) in [6, 6.07) is 0. The Morgan fingerprint density at radius 2 is 2.21 bits per heavy atom. The van der Waals surface area contributed by atoms with Gasteiger partial charge in [0.1, 0.15) is 0 Å². The van der Waals surface area contributed by atoms with Gasteiger partial charge in [0.2, 0.25) is 5.91 Å². The van der Waals surface area contributed by atoms with Crippen molar-refractivity contribution >= 4 is 23.6 Å². The van der Waals surface area contributed by atoms with Crippen LogP contribution in [0.5, 0.6) is 0 Å². The van der Waals surface area contributed by atoms with Crippen LogP contribution in [0.3, 0.4) is 0 Å². The maximum absolute atomic E-state index is 11.7. The number of aliphatic imine (C=N–C) groups is 1. The summed E-state index contributed by atoms with van der Waals surface area (Å²) in [5.74, 6) is 3.74. The van der Waals surface area contributed by atoms with Gasteiger partial charge >= 0.3 is 0 Å². The molecule has 3 aliphatic heterocycles. The molecule has 0 radical (unpaired) electrons. The fraction of sp³-hybridized carbons (Fsp3) is 0.882. The topological polar surface area (TPSA) is 60.0 Å². The zero-order chi connectivity index (χ0) is 16.8. The lowest BCUT2D eigenvalue weighted by molar-refractivity contribution is -0.119. The molecule has 0 aromatic rings. The molecule has 1 atom stereocenters. The van der Waals surface area contributed by atoms with Crippen molar-refractivity contribution in [3.63, 3.8) is 0 Å². The van der Waals surface area contributed by atoms with Crippen molar-refractivity contribution in [1.82, 2.24) is 20.4 Å². The lowest BCUT2D eigenvalue weighted by atomic mass is 9.79. The van der Waals surface area contributed by atoms with E-state index in [2.05, 4.69) is 27.4 Å². The number of carbonyl (C=O) groups excluding carboxylic acids is 1. The van der Waals surface area contributed by atoms with Gasteiger partial charge < -0.3 is 15.5 Å². The van der Waals surface area contributed by atoms with Crippen molar-refractivity contribution in [2.45, 2.75) is 26.2 Å². The van der Waals surface area contributed by atoms with Gasteiger partial charge in [-0.3, -0.25) is 14.7 Å². The van der Waals surface area contributed by atoms with E-state index in [1.807, 2.05) is 11.8 Å². The van der Waals surface area contributed by atoms with Crippen LogP contribution < -0.4 is 10.6 Å². The number of amides is 1. The molecule has 0 aromatic carbocycles. The maximum atomic E-state index is 11.7. The molecule has 6 nitrogen and oxygen atoms in total. The van der Waals surface area contributed by atoms with E-state index in [4.69, 9.17) is 4.99 Å². The van der Waals surface area contributed by atoms with E-state index in [1.165, 1.54) is 24.6 Å². The highest BCUT2D eigenvalue weighted by Gasteiger charge is 2.42. The number of likely N-dealkylation sites (tertiary alicyclic amines) is 1. The summed E-state index contributed by atoms with van der Waals surface area (Å²) in [4.78, 5) is 21.5. The van der Waals surface area contributed by atoms with Crippen molar-refractivity contribution in [3.8, 4) is 0 Å². The first-order chi connectivity index (χ1) is 11.7. The highest BCUT2D eigenvalue weighted by Crippen LogP contribution is 2.35. The Bertz CT molecular complexity index is 466. The fourth-order valence-electron chi connectivity index (χ4n) is 3.98. The SMILES string of the molecule is CCNC(=NCCN1CCSCC1)N1CCCC2(CNC(=O)C2)C1. The second-order valence-electron chi connectivity index (χ2n) is 7.17. The predicted molar refractivity (Wildman–Crippen MR) is 101 cm³/mol. The number of guanidine groups is 1. The predicted octanol–water partition coefficient (Wildman–Crippen LogP) is 0.603. The molecule has 1 unspecified atom stereocenters. The van der Waals surface area contributed by atoms with E-state index in [1.54, 1.807) is 0 Å². The van der Waals surface area contributed by atoms with Gasteiger partial charge in [0, 0.05) is 69.2 Å². The van der Waals surface area contributed by atoms with Crippen LogP contribution in [0.15, 0.2) is 4.99 Å². The number of nitrogens with zero attached hydrogens (tertiary/aromatic N) is 3. The van der Waals surface area contributed by atoms with Crippen LogP contribution in [0, 0.1) is 5.41 Å². The second kappa shape index (κ2) is 8.43. The molecular formula is C17H31N5OS. The minimum atomic E-state index is 0.121. The van der Waals surface area contributed by atoms with Crippen LogP contribution in [0.25, 0.3) is 0 Å². The van der Waals surface area contributed by atoms with Crippen molar-refractivity contribution < 1.29 is 4.79 Å². The van der Waals surface area contributed by atoms with Crippen molar-refractivity contribution in [2.24, 2.45) is 10.4 Å². The summed E-state index contributed by atoms with van der Waals surface area (Å²) in [7, 11) is 0. The van der Waals surface area contributed by atoms with Crippen molar-refractivity contribution in [2.75, 3.05) is 63.9 Å². The molecule has 2 N–H and O–H groups in total. The Balaban J connectivity index is 1.57. The van der Waals surface area contributed by atoms with Gasteiger partial charge in [-0.2, -0.15) is 11.8 Å². The Morgan fingerprint density at radius 1 is 1.38 bits per heavy atom. The molecule has 3 rings (SSSR count). The summed E-state index contributed by atoms with van der Waals surface area (Å²) < 4.78 is 0. The highest BCUT2D eigenvalue weighted by atomic mass is 32.2. The third-order valence-electron chi connectivity index (χ3n) is 5.27. The van der Waals surface area contributed by atoms with Crippen LogP contribution in [-0.2, 0) is 4.79 Å². The summed E-state index contributed by atoms with van der Waals surface area (Å²) in [5.41, 5.74) is 0.121. The highest BCUT2D eigenvalue weighted by molar-refractivity contribution is 7.99. The zero-order valence-corrected chi connectivity index (χ0v) is 15.7. The molecule has 1 amide bonds. The normalized spacial score (nSPS) is 29.1. The van der Waals surface area contributed by atoms with Gasteiger partial charge in [-0.25, -0.2) is 0 Å². The van der Waals surface area contributed by atoms with Gasteiger partial charge in [0.15, 0.2) is 5.96 Å². The summed E-state index contributed by atoms with van der Waals surface area (Å²) >= 11 is 2.05. The van der Waals surface area contributed by atoms with Crippen LogP contribution in [0.2, 0.25) is 0 Å². The number of carbonyl (C=O) groups is 1. The second-order valence-corrected chi connectivity index (χ2v) is 8.39. The molecule has 1 spiro atoms. The summed E-state index contributed by atoms with van der Waals surface area (Å²) in [6.45, 7) is 10.1. The van der Waals surface area contributed by atoms with Gasteiger partial charge in [0.05, 0.1) is 6.54 Å². The molecule has 136 valence electrons. The molecule has 3 aliphatic rings. The van der Waals surface area contributed by atoms with Crippen LogP contribution in [0.4, 0.5) is 0 Å². The van der Waals surface area contributed by atoms with E-state index in [9.17, 15) is 4.79 Å². The first-order valence-electron chi connectivity index (χ1n) is 9.31. The number of hydrogen-bond donors (Lipinski definition) is 2. The quantitative estimate of drug-likeness (QED) is 0.573. The van der Waals surface area contributed by atoms with Gasteiger partial charge in [-0.05, 0) is 19.8 Å². The van der Waals surface area contributed by atoms with Crippen molar-refractivity contribution in [3.05, 3.63) is 0 Å². The number of hydrogen-bond acceptors (Lipinski definition) is 4. The largest absolute Gasteiger partial charge is 0.357 e. The van der Waals surface area contributed by atoms with Gasteiger partial charge in [0.25, 0.3) is 0 Å². The van der Waals surface area contributed by atoms with Crippen LogP contribution >= 0.6 is 11.8 Å². The molecule has 0 aliphatic carbocycles. The number of rotatable bonds is 4. The van der Waals surface area contributed by atoms with Gasteiger partial charge in [-0.15, -0.1) is 0 Å². The van der Waals surface area contributed by atoms with Crippen molar-refractivity contribution in [1.29, 1.82) is 0 Å². The average molecular weight is 354 g/mol. The van der Waals surface area contributed by atoms with E-state index in [0.717, 1.165) is 58.1 Å². The monoisotopic (exact) mass is 353 g/mol. The molecular weight excluding hydrogens is 322 g/mol. The minimum absolute atomic E-state index is 0.121. The maximum Gasteiger partial charge on any atom is 0.220 e.